The fraction of sp³-hybridized carbons (Fsp3) is 0.111. The molecule has 2 N–H and O–H groups in total. The molecule has 4 aromatic rings. The van der Waals surface area contributed by atoms with Crippen LogP contribution in [0.1, 0.15) is 16.7 Å². The molecular formula is C27H22N2O2. The van der Waals surface area contributed by atoms with E-state index in [1.54, 1.807) is 0 Å². The normalized spacial score (nSPS) is 11.6. The lowest BCUT2D eigenvalue weighted by Gasteiger charge is -2.10. The molecule has 5 rings (SSSR count). The Hall–Kier alpha value is -3.92. The van der Waals surface area contributed by atoms with E-state index >= 15 is 0 Å². The summed E-state index contributed by atoms with van der Waals surface area (Å²) in [6, 6.07) is 28.3. The molecule has 0 radical (unpaired) electrons. The Labute approximate surface area is 180 Å². The average Bonchev–Trinajstić information content (AvgIpc) is 3.16. The van der Waals surface area contributed by atoms with Gasteiger partial charge in [0.1, 0.15) is 0 Å². The SMILES string of the molecule is O=C(Cc1cccc2ccccc12)NCC(=O)Nc1ccc2c(c1)Cc1ccccc1-2. The predicted molar refractivity (Wildman–Crippen MR) is 124 cm³/mol. The standard InChI is InChI=1S/C27H22N2O2/c30-26(16-20-9-5-8-18-6-1-3-10-23(18)20)28-17-27(31)29-22-12-13-25-21(15-22)14-19-7-2-4-11-24(19)25/h1-13,15H,14,16-17H2,(H,28,30)(H,29,31). The summed E-state index contributed by atoms with van der Waals surface area (Å²) in [6.07, 6.45) is 1.11. The Kier molecular flexibility index (Phi) is 4.97. The van der Waals surface area contributed by atoms with Crippen molar-refractivity contribution in [2.75, 3.05) is 11.9 Å². The fourth-order valence-electron chi connectivity index (χ4n) is 4.29. The van der Waals surface area contributed by atoms with Gasteiger partial charge in [0.2, 0.25) is 11.8 Å². The fourth-order valence-corrected chi connectivity index (χ4v) is 4.29. The van der Waals surface area contributed by atoms with Crippen LogP contribution < -0.4 is 10.6 Å². The van der Waals surface area contributed by atoms with Crippen molar-refractivity contribution < 1.29 is 9.59 Å². The lowest BCUT2D eigenvalue weighted by molar-refractivity contribution is -0.123. The van der Waals surface area contributed by atoms with Gasteiger partial charge in [0.25, 0.3) is 0 Å². The van der Waals surface area contributed by atoms with Crippen LogP contribution in [0.5, 0.6) is 0 Å². The zero-order valence-corrected chi connectivity index (χ0v) is 17.0. The summed E-state index contributed by atoms with van der Waals surface area (Å²) in [4.78, 5) is 24.8. The van der Waals surface area contributed by atoms with Gasteiger partial charge in [-0.2, -0.15) is 0 Å². The Balaban J connectivity index is 1.19. The Morgan fingerprint density at radius 1 is 0.742 bits per heavy atom. The minimum atomic E-state index is -0.235. The van der Waals surface area contributed by atoms with E-state index in [2.05, 4.69) is 28.8 Å². The molecule has 0 saturated heterocycles. The highest BCUT2D eigenvalue weighted by atomic mass is 16.2. The van der Waals surface area contributed by atoms with Crippen LogP contribution in [0.2, 0.25) is 0 Å². The molecule has 0 saturated carbocycles. The molecule has 152 valence electrons. The van der Waals surface area contributed by atoms with Crippen LogP contribution in [-0.4, -0.2) is 18.4 Å². The maximum atomic E-state index is 12.4. The molecule has 2 amide bonds. The number of fused-ring (bicyclic) bond motifs is 4. The van der Waals surface area contributed by atoms with Crippen LogP contribution in [0.25, 0.3) is 21.9 Å². The largest absolute Gasteiger partial charge is 0.347 e. The molecule has 4 heteroatoms. The van der Waals surface area contributed by atoms with Crippen LogP contribution in [-0.2, 0) is 22.4 Å². The second kappa shape index (κ2) is 8.07. The maximum Gasteiger partial charge on any atom is 0.243 e. The molecule has 1 aliphatic rings. The van der Waals surface area contributed by atoms with Gasteiger partial charge >= 0.3 is 0 Å². The molecule has 4 nitrogen and oxygen atoms in total. The number of nitrogens with one attached hydrogen (secondary N) is 2. The van der Waals surface area contributed by atoms with Crippen molar-refractivity contribution in [2.45, 2.75) is 12.8 Å². The first-order chi connectivity index (χ1) is 15.2. The first-order valence-corrected chi connectivity index (χ1v) is 10.4. The number of benzene rings is 4. The molecule has 4 aromatic carbocycles. The monoisotopic (exact) mass is 406 g/mol. The predicted octanol–water partition coefficient (Wildman–Crippen LogP) is 4.71. The van der Waals surface area contributed by atoms with Gasteiger partial charge in [-0.15, -0.1) is 0 Å². The van der Waals surface area contributed by atoms with Gasteiger partial charge < -0.3 is 10.6 Å². The second-order valence-electron chi connectivity index (χ2n) is 7.85. The molecule has 0 heterocycles. The summed E-state index contributed by atoms with van der Waals surface area (Å²) in [7, 11) is 0. The minimum absolute atomic E-state index is 0.0547. The maximum absolute atomic E-state index is 12.4. The highest BCUT2D eigenvalue weighted by Gasteiger charge is 2.18. The van der Waals surface area contributed by atoms with Crippen molar-refractivity contribution in [2.24, 2.45) is 0 Å². The minimum Gasteiger partial charge on any atom is -0.347 e. The van der Waals surface area contributed by atoms with Gasteiger partial charge in [0, 0.05) is 5.69 Å². The number of amides is 2. The van der Waals surface area contributed by atoms with Crippen LogP contribution >= 0.6 is 0 Å². The van der Waals surface area contributed by atoms with Crippen molar-refractivity contribution in [1.82, 2.24) is 5.32 Å². The molecule has 31 heavy (non-hydrogen) atoms. The molecule has 0 atom stereocenters. The highest BCUT2D eigenvalue weighted by Crippen LogP contribution is 2.37. The summed E-state index contributed by atoms with van der Waals surface area (Å²) in [5.41, 5.74) is 6.70. The molecule has 0 aliphatic heterocycles. The van der Waals surface area contributed by atoms with E-state index in [0.29, 0.717) is 0 Å². The van der Waals surface area contributed by atoms with Gasteiger partial charge in [-0.05, 0) is 57.1 Å². The van der Waals surface area contributed by atoms with Crippen LogP contribution in [0.15, 0.2) is 84.9 Å². The lowest BCUT2D eigenvalue weighted by Crippen LogP contribution is -2.33. The number of hydrogen-bond acceptors (Lipinski definition) is 2. The summed E-state index contributed by atoms with van der Waals surface area (Å²) in [5.74, 6) is -0.405. The van der Waals surface area contributed by atoms with E-state index in [1.165, 1.54) is 22.3 Å². The zero-order chi connectivity index (χ0) is 21.2. The number of anilines is 1. The van der Waals surface area contributed by atoms with E-state index in [0.717, 1.165) is 28.4 Å². The van der Waals surface area contributed by atoms with Crippen molar-refractivity contribution in [3.63, 3.8) is 0 Å². The topological polar surface area (TPSA) is 58.2 Å². The van der Waals surface area contributed by atoms with E-state index in [-0.39, 0.29) is 24.8 Å². The number of carbonyl (C=O) groups is 2. The Bertz CT molecular complexity index is 1300. The number of rotatable bonds is 5. The third-order valence-corrected chi connectivity index (χ3v) is 5.75. The van der Waals surface area contributed by atoms with Crippen molar-refractivity contribution in [3.05, 3.63) is 102 Å². The zero-order valence-electron chi connectivity index (χ0n) is 17.0. The molecule has 1 aliphatic carbocycles. The average molecular weight is 406 g/mol. The van der Waals surface area contributed by atoms with Crippen molar-refractivity contribution >= 4 is 28.3 Å². The van der Waals surface area contributed by atoms with Crippen molar-refractivity contribution in [3.8, 4) is 11.1 Å². The van der Waals surface area contributed by atoms with Crippen LogP contribution in [0.3, 0.4) is 0 Å². The van der Waals surface area contributed by atoms with Gasteiger partial charge in [0.15, 0.2) is 0 Å². The van der Waals surface area contributed by atoms with Gasteiger partial charge in [-0.25, -0.2) is 0 Å². The molecule has 0 spiro atoms. The van der Waals surface area contributed by atoms with E-state index < -0.39 is 0 Å². The molecule has 0 fully saturated rings. The summed E-state index contributed by atoms with van der Waals surface area (Å²) >= 11 is 0. The van der Waals surface area contributed by atoms with E-state index in [4.69, 9.17) is 0 Å². The number of carbonyl (C=O) groups excluding carboxylic acids is 2. The van der Waals surface area contributed by atoms with Gasteiger partial charge in [-0.1, -0.05) is 72.8 Å². The molecular weight excluding hydrogens is 384 g/mol. The quantitative estimate of drug-likeness (QED) is 0.444. The Morgan fingerprint density at radius 2 is 1.52 bits per heavy atom. The van der Waals surface area contributed by atoms with Crippen LogP contribution in [0.4, 0.5) is 5.69 Å². The van der Waals surface area contributed by atoms with Gasteiger partial charge in [-0.3, -0.25) is 9.59 Å². The van der Waals surface area contributed by atoms with E-state index in [9.17, 15) is 9.59 Å². The van der Waals surface area contributed by atoms with Crippen LogP contribution in [0, 0.1) is 0 Å². The summed E-state index contributed by atoms with van der Waals surface area (Å²) in [5, 5.41) is 7.79. The lowest BCUT2D eigenvalue weighted by atomic mass is 10.0. The third-order valence-electron chi connectivity index (χ3n) is 5.75. The van der Waals surface area contributed by atoms with Crippen molar-refractivity contribution in [1.29, 1.82) is 0 Å². The molecule has 0 bridgehead atoms. The summed E-state index contributed by atoms with van der Waals surface area (Å²) in [6.45, 7) is -0.0547. The Morgan fingerprint density at radius 3 is 2.45 bits per heavy atom. The summed E-state index contributed by atoms with van der Waals surface area (Å²) < 4.78 is 0. The first kappa shape index (κ1) is 19.1. The van der Waals surface area contributed by atoms with E-state index in [1.807, 2.05) is 66.7 Å². The highest BCUT2D eigenvalue weighted by molar-refractivity contribution is 5.96. The van der Waals surface area contributed by atoms with Gasteiger partial charge in [0.05, 0.1) is 13.0 Å². The first-order valence-electron chi connectivity index (χ1n) is 10.4. The second-order valence-corrected chi connectivity index (χ2v) is 7.85. The smallest absolute Gasteiger partial charge is 0.243 e. The molecule has 0 aromatic heterocycles. The third kappa shape index (κ3) is 3.92. The molecule has 0 unspecified atom stereocenters. The number of hydrogen-bond donors (Lipinski definition) is 2.